The SMILES string of the molecule is CC(OC(=O)c1cc(Br)ccc1O)C(=O)NC1CCCC1. The minimum absolute atomic E-state index is 0.0323. The van der Waals surface area contributed by atoms with Crippen LogP contribution in [0.15, 0.2) is 22.7 Å². The summed E-state index contributed by atoms with van der Waals surface area (Å²) < 4.78 is 5.76. The standard InChI is InChI=1S/C15H18BrNO4/c1-9(14(19)17-11-4-2-3-5-11)21-15(20)12-8-10(16)6-7-13(12)18/h6-9,11,18H,2-5H2,1H3,(H,17,19). The summed E-state index contributed by atoms with van der Waals surface area (Å²) in [4.78, 5) is 23.9. The molecule has 0 bridgehead atoms. The largest absolute Gasteiger partial charge is 0.507 e. The zero-order valence-corrected chi connectivity index (χ0v) is 13.4. The number of ether oxygens (including phenoxy) is 1. The predicted octanol–water partition coefficient (Wildman–Crippen LogP) is 2.76. The smallest absolute Gasteiger partial charge is 0.342 e. The maximum absolute atomic E-state index is 12.0. The number of carbonyl (C=O) groups excluding carboxylic acids is 2. The summed E-state index contributed by atoms with van der Waals surface area (Å²) in [5, 5.41) is 12.5. The lowest BCUT2D eigenvalue weighted by molar-refractivity contribution is -0.129. The third-order valence-corrected chi connectivity index (χ3v) is 4.03. The van der Waals surface area contributed by atoms with Crippen LogP contribution in [0.3, 0.4) is 0 Å². The summed E-state index contributed by atoms with van der Waals surface area (Å²) in [6.45, 7) is 1.53. The number of rotatable bonds is 4. The van der Waals surface area contributed by atoms with Crippen LogP contribution in [0, 0.1) is 0 Å². The molecule has 1 saturated carbocycles. The van der Waals surface area contributed by atoms with Crippen molar-refractivity contribution < 1.29 is 19.4 Å². The van der Waals surface area contributed by atoms with Gasteiger partial charge in [0, 0.05) is 10.5 Å². The third kappa shape index (κ3) is 4.20. The van der Waals surface area contributed by atoms with Crippen LogP contribution < -0.4 is 5.32 Å². The van der Waals surface area contributed by atoms with E-state index < -0.39 is 12.1 Å². The second kappa shape index (κ2) is 6.93. The molecule has 1 fully saturated rings. The average molecular weight is 356 g/mol. The van der Waals surface area contributed by atoms with Crippen molar-refractivity contribution >= 4 is 27.8 Å². The lowest BCUT2D eigenvalue weighted by atomic mass is 10.2. The summed E-state index contributed by atoms with van der Waals surface area (Å²) in [5.74, 6) is -1.20. The first-order valence-electron chi connectivity index (χ1n) is 6.97. The Morgan fingerprint density at radius 2 is 2.05 bits per heavy atom. The van der Waals surface area contributed by atoms with Gasteiger partial charge >= 0.3 is 5.97 Å². The minimum Gasteiger partial charge on any atom is -0.507 e. The Labute approximate surface area is 131 Å². The molecule has 1 unspecified atom stereocenters. The Bertz CT molecular complexity index is 540. The van der Waals surface area contributed by atoms with Crippen molar-refractivity contribution in [3.05, 3.63) is 28.2 Å². The zero-order chi connectivity index (χ0) is 15.4. The molecule has 1 amide bonds. The second-order valence-electron chi connectivity index (χ2n) is 5.20. The normalized spacial score (nSPS) is 16.5. The van der Waals surface area contributed by atoms with E-state index in [1.807, 2.05) is 0 Å². The van der Waals surface area contributed by atoms with Crippen LogP contribution in [0.2, 0.25) is 0 Å². The Morgan fingerprint density at radius 1 is 1.38 bits per heavy atom. The van der Waals surface area contributed by atoms with Crippen molar-refractivity contribution in [3.8, 4) is 5.75 Å². The van der Waals surface area contributed by atoms with Crippen molar-refractivity contribution in [2.75, 3.05) is 0 Å². The second-order valence-corrected chi connectivity index (χ2v) is 6.11. The first-order valence-corrected chi connectivity index (χ1v) is 7.76. The highest BCUT2D eigenvalue weighted by Crippen LogP contribution is 2.23. The number of benzene rings is 1. The van der Waals surface area contributed by atoms with Gasteiger partial charge in [0.1, 0.15) is 11.3 Å². The number of phenolic OH excluding ortho intramolecular Hbond substituents is 1. The van der Waals surface area contributed by atoms with Gasteiger partial charge in [0.2, 0.25) is 0 Å². The quantitative estimate of drug-likeness (QED) is 0.814. The molecular formula is C15H18BrNO4. The molecule has 0 spiro atoms. The van der Waals surface area contributed by atoms with E-state index in [1.165, 1.54) is 19.1 Å². The number of aromatic hydroxyl groups is 1. The molecule has 1 atom stereocenters. The number of esters is 1. The number of hydrogen-bond donors (Lipinski definition) is 2. The number of carbonyl (C=O) groups is 2. The average Bonchev–Trinajstić information content (AvgIpc) is 2.94. The van der Waals surface area contributed by atoms with Crippen LogP contribution in [0.5, 0.6) is 5.75 Å². The van der Waals surface area contributed by atoms with Crippen LogP contribution in [0.4, 0.5) is 0 Å². The fraction of sp³-hybridized carbons (Fsp3) is 0.467. The molecule has 0 aromatic heterocycles. The molecule has 1 aromatic carbocycles. The predicted molar refractivity (Wildman–Crippen MR) is 81.1 cm³/mol. The van der Waals surface area contributed by atoms with E-state index in [2.05, 4.69) is 21.2 Å². The number of halogens is 1. The fourth-order valence-electron chi connectivity index (χ4n) is 2.34. The Balaban J connectivity index is 1.94. The maximum atomic E-state index is 12.0. The summed E-state index contributed by atoms with van der Waals surface area (Å²) in [6.07, 6.45) is 3.28. The molecule has 0 radical (unpaired) electrons. The van der Waals surface area contributed by atoms with Gasteiger partial charge in [-0.15, -0.1) is 0 Å². The molecule has 1 aliphatic rings. The minimum atomic E-state index is -0.892. The first-order chi connectivity index (χ1) is 9.97. The van der Waals surface area contributed by atoms with Crippen LogP contribution >= 0.6 is 15.9 Å². The van der Waals surface area contributed by atoms with E-state index in [0.29, 0.717) is 4.47 Å². The van der Waals surface area contributed by atoms with Crippen LogP contribution in [0.1, 0.15) is 43.0 Å². The highest BCUT2D eigenvalue weighted by Gasteiger charge is 2.24. The van der Waals surface area contributed by atoms with E-state index in [9.17, 15) is 14.7 Å². The zero-order valence-electron chi connectivity index (χ0n) is 11.8. The summed E-state index contributed by atoms with van der Waals surface area (Å²) in [7, 11) is 0. The van der Waals surface area contributed by atoms with Gasteiger partial charge in [0.15, 0.2) is 6.10 Å². The molecule has 21 heavy (non-hydrogen) atoms. The van der Waals surface area contributed by atoms with Crippen molar-refractivity contribution in [2.45, 2.75) is 44.8 Å². The molecule has 1 aromatic rings. The lowest BCUT2D eigenvalue weighted by Crippen LogP contribution is -2.40. The van der Waals surface area contributed by atoms with Crippen LogP contribution in [0.25, 0.3) is 0 Å². The lowest BCUT2D eigenvalue weighted by Gasteiger charge is -2.17. The van der Waals surface area contributed by atoms with Gasteiger partial charge in [-0.25, -0.2) is 4.79 Å². The van der Waals surface area contributed by atoms with E-state index in [0.717, 1.165) is 25.7 Å². The molecule has 0 aliphatic heterocycles. The van der Waals surface area contributed by atoms with Crippen molar-refractivity contribution in [1.82, 2.24) is 5.32 Å². The number of nitrogens with one attached hydrogen (secondary N) is 1. The van der Waals surface area contributed by atoms with E-state index in [1.54, 1.807) is 6.07 Å². The molecular weight excluding hydrogens is 338 g/mol. The molecule has 2 rings (SSSR count). The van der Waals surface area contributed by atoms with E-state index in [-0.39, 0.29) is 23.3 Å². The van der Waals surface area contributed by atoms with Crippen LogP contribution in [-0.4, -0.2) is 29.1 Å². The summed E-state index contributed by atoms with van der Waals surface area (Å²) >= 11 is 3.22. The molecule has 5 nitrogen and oxygen atoms in total. The van der Waals surface area contributed by atoms with Crippen molar-refractivity contribution in [2.24, 2.45) is 0 Å². The molecule has 2 N–H and O–H groups in total. The summed E-state index contributed by atoms with van der Waals surface area (Å²) in [5.41, 5.74) is 0.0323. The van der Waals surface area contributed by atoms with Gasteiger partial charge in [-0.3, -0.25) is 4.79 Å². The fourth-order valence-corrected chi connectivity index (χ4v) is 2.70. The molecule has 0 heterocycles. The van der Waals surface area contributed by atoms with Gasteiger partial charge in [-0.2, -0.15) is 0 Å². The molecule has 6 heteroatoms. The Kier molecular flexibility index (Phi) is 5.22. The van der Waals surface area contributed by atoms with Gasteiger partial charge in [-0.1, -0.05) is 28.8 Å². The number of hydrogen-bond acceptors (Lipinski definition) is 4. The monoisotopic (exact) mass is 355 g/mol. The topological polar surface area (TPSA) is 75.6 Å². The van der Waals surface area contributed by atoms with Gasteiger partial charge in [0.25, 0.3) is 5.91 Å². The molecule has 1 aliphatic carbocycles. The first kappa shape index (κ1) is 15.8. The maximum Gasteiger partial charge on any atom is 0.342 e. The van der Waals surface area contributed by atoms with Crippen molar-refractivity contribution in [1.29, 1.82) is 0 Å². The Hall–Kier alpha value is -1.56. The van der Waals surface area contributed by atoms with Crippen LogP contribution in [-0.2, 0) is 9.53 Å². The van der Waals surface area contributed by atoms with Crippen molar-refractivity contribution in [3.63, 3.8) is 0 Å². The van der Waals surface area contributed by atoms with E-state index in [4.69, 9.17) is 4.74 Å². The van der Waals surface area contributed by atoms with Gasteiger partial charge in [0.05, 0.1) is 0 Å². The third-order valence-electron chi connectivity index (χ3n) is 3.53. The highest BCUT2D eigenvalue weighted by molar-refractivity contribution is 9.10. The number of phenols is 1. The Morgan fingerprint density at radius 3 is 2.71 bits per heavy atom. The highest BCUT2D eigenvalue weighted by atomic mass is 79.9. The molecule has 114 valence electrons. The van der Waals surface area contributed by atoms with Gasteiger partial charge in [-0.05, 0) is 38.0 Å². The number of amides is 1. The molecule has 0 saturated heterocycles. The van der Waals surface area contributed by atoms with E-state index >= 15 is 0 Å². The summed E-state index contributed by atoms with van der Waals surface area (Å²) in [6, 6.07) is 4.64. The van der Waals surface area contributed by atoms with Gasteiger partial charge < -0.3 is 15.2 Å².